The third-order valence-corrected chi connectivity index (χ3v) is 2.72. The number of halogens is 1. The van der Waals surface area contributed by atoms with Gasteiger partial charge in [0.05, 0.1) is 5.52 Å². The molecule has 1 aromatic carbocycles. The van der Waals surface area contributed by atoms with Crippen molar-refractivity contribution in [3.8, 4) is 5.75 Å². The normalized spacial score (nSPS) is 10.8. The number of carboxylic acids is 1. The number of aromatic carboxylic acids is 1. The molecule has 0 spiro atoms. The van der Waals surface area contributed by atoms with Crippen LogP contribution in [0.2, 0.25) is 0 Å². The lowest BCUT2D eigenvalue weighted by Crippen LogP contribution is -2.18. The number of aryl methyl sites for hydroxylation is 1. The van der Waals surface area contributed by atoms with Crippen molar-refractivity contribution in [2.45, 2.75) is 13.5 Å². The molecule has 0 amide bonds. The lowest BCUT2D eigenvalue weighted by molar-refractivity contribution is 0.0695. The maximum absolute atomic E-state index is 13.3. The number of carbonyl (C=O) groups is 1. The van der Waals surface area contributed by atoms with Crippen LogP contribution in [-0.2, 0) is 6.54 Å². The largest absolute Gasteiger partial charge is 0.505 e. The molecule has 0 aliphatic rings. The fourth-order valence-electron chi connectivity index (χ4n) is 1.81. The second-order valence-electron chi connectivity index (χ2n) is 3.78. The number of pyridine rings is 1. The summed E-state index contributed by atoms with van der Waals surface area (Å²) < 4.78 is 14.7. The number of phenolic OH excluding ortho intramolecular Hbond substituents is 1. The number of rotatable bonds is 2. The van der Waals surface area contributed by atoms with Gasteiger partial charge in [-0.3, -0.25) is 4.79 Å². The highest BCUT2D eigenvalue weighted by atomic mass is 19.1. The minimum Gasteiger partial charge on any atom is -0.505 e. The molecular formula is C12H10FNO4. The summed E-state index contributed by atoms with van der Waals surface area (Å²) in [4.78, 5) is 22.8. The van der Waals surface area contributed by atoms with E-state index in [9.17, 15) is 19.1 Å². The predicted octanol–water partition coefficient (Wildman–Crippen LogP) is 1.56. The average Bonchev–Trinajstić information content (AvgIpc) is 2.32. The van der Waals surface area contributed by atoms with Crippen molar-refractivity contribution in [1.29, 1.82) is 0 Å². The van der Waals surface area contributed by atoms with Gasteiger partial charge in [-0.2, -0.15) is 0 Å². The maximum Gasteiger partial charge on any atom is 0.341 e. The van der Waals surface area contributed by atoms with Crippen molar-refractivity contribution >= 4 is 16.9 Å². The first-order valence-electron chi connectivity index (χ1n) is 5.24. The van der Waals surface area contributed by atoms with E-state index in [1.807, 2.05) is 0 Å². The molecule has 0 unspecified atom stereocenters. The lowest BCUT2D eigenvalue weighted by Gasteiger charge is -2.10. The predicted molar refractivity (Wildman–Crippen MR) is 62.5 cm³/mol. The summed E-state index contributed by atoms with van der Waals surface area (Å²) in [5.74, 6) is -2.89. The van der Waals surface area contributed by atoms with Gasteiger partial charge in [0.15, 0.2) is 11.6 Å². The standard InChI is InChI=1S/C12H10FNO4/c1-2-14-5-7(12(17)18)11(16)6-3-8(13)10(15)4-9(6)14/h3-5,15H,2H2,1H3,(H,17,18). The molecule has 18 heavy (non-hydrogen) atoms. The Kier molecular flexibility index (Phi) is 2.78. The van der Waals surface area contributed by atoms with Crippen LogP contribution in [-0.4, -0.2) is 20.7 Å². The quantitative estimate of drug-likeness (QED) is 0.848. The first-order valence-corrected chi connectivity index (χ1v) is 5.24. The molecule has 0 atom stereocenters. The molecule has 0 fully saturated rings. The number of phenols is 1. The zero-order valence-corrected chi connectivity index (χ0v) is 9.48. The Morgan fingerprint density at radius 1 is 1.44 bits per heavy atom. The van der Waals surface area contributed by atoms with Gasteiger partial charge in [-0.05, 0) is 13.0 Å². The summed E-state index contributed by atoms with van der Waals surface area (Å²) in [5.41, 5.74) is -0.887. The van der Waals surface area contributed by atoms with Gasteiger partial charge < -0.3 is 14.8 Å². The Hall–Kier alpha value is -2.37. The van der Waals surface area contributed by atoms with Crippen LogP contribution in [0.5, 0.6) is 5.75 Å². The molecular weight excluding hydrogens is 241 g/mol. The van der Waals surface area contributed by atoms with Crippen LogP contribution in [0.25, 0.3) is 10.9 Å². The van der Waals surface area contributed by atoms with E-state index < -0.39 is 28.5 Å². The molecule has 5 nitrogen and oxygen atoms in total. The van der Waals surface area contributed by atoms with E-state index in [2.05, 4.69) is 0 Å². The molecule has 0 saturated carbocycles. The van der Waals surface area contributed by atoms with Crippen molar-refractivity contribution in [3.63, 3.8) is 0 Å². The Balaban J connectivity index is 2.99. The van der Waals surface area contributed by atoms with Gasteiger partial charge in [0.2, 0.25) is 5.43 Å². The van der Waals surface area contributed by atoms with Gasteiger partial charge in [0, 0.05) is 24.2 Å². The number of fused-ring (bicyclic) bond motifs is 1. The van der Waals surface area contributed by atoms with Crippen LogP contribution >= 0.6 is 0 Å². The van der Waals surface area contributed by atoms with E-state index >= 15 is 0 Å². The summed E-state index contributed by atoms with van der Waals surface area (Å²) >= 11 is 0. The molecule has 6 heteroatoms. The molecule has 94 valence electrons. The van der Waals surface area contributed by atoms with Gasteiger partial charge in [-0.15, -0.1) is 0 Å². The highest BCUT2D eigenvalue weighted by molar-refractivity contribution is 5.92. The molecule has 2 N–H and O–H groups in total. The molecule has 0 aliphatic carbocycles. The van der Waals surface area contributed by atoms with Gasteiger partial charge in [0.25, 0.3) is 0 Å². The number of nitrogens with zero attached hydrogens (tertiary/aromatic N) is 1. The van der Waals surface area contributed by atoms with E-state index in [4.69, 9.17) is 5.11 Å². The monoisotopic (exact) mass is 251 g/mol. The third kappa shape index (κ3) is 1.71. The average molecular weight is 251 g/mol. The Labute approximate surface area is 101 Å². The topological polar surface area (TPSA) is 79.5 Å². The number of benzene rings is 1. The molecule has 0 saturated heterocycles. The fourth-order valence-corrected chi connectivity index (χ4v) is 1.81. The SMILES string of the molecule is CCn1cc(C(=O)O)c(=O)c2cc(F)c(O)cc21. The van der Waals surface area contributed by atoms with Crippen molar-refractivity contribution in [3.05, 3.63) is 39.9 Å². The first-order chi connectivity index (χ1) is 8.45. The van der Waals surface area contributed by atoms with Gasteiger partial charge in [0.1, 0.15) is 5.56 Å². The van der Waals surface area contributed by atoms with Crippen molar-refractivity contribution in [2.75, 3.05) is 0 Å². The van der Waals surface area contributed by atoms with Crippen LogP contribution in [0.1, 0.15) is 17.3 Å². The van der Waals surface area contributed by atoms with Gasteiger partial charge in [-0.1, -0.05) is 0 Å². The van der Waals surface area contributed by atoms with Crippen molar-refractivity contribution in [1.82, 2.24) is 4.57 Å². The summed E-state index contributed by atoms with van der Waals surface area (Å²) in [6.45, 7) is 2.14. The number of aromatic nitrogens is 1. The van der Waals surface area contributed by atoms with Crippen LogP contribution < -0.4 is 5.43 Å². The van der Waals surface area contributed by atoms with E-state index in [1.165, 1.54) is 10.8 Å². The molecule has 0 bridgehead atoms. The Morgan fingerprint density at radius 3 is 2.67 bits per heavy atom. The number of carboxylic acid groups (broad SMARTS) is 1. The second-order valence-corrected chi connectivity index (χ2v) is 3.78. The summed E-state index contributed by atoms with van der Waals surface area (Å²) in [7, 11) is 0. The molecule has 0 aliphatic heterocycles. The first kappa shape index (κ1) is 12.1. The van der Waals surface area contributed by atoms with Gasteiger partial charge in [-0.25, -0.2) is 9.18 Å². The molecule has 2 aromatic rings. The van der Waals surface area contributed by atoms with E-state index in [0.29, 0.717) is 12.1 Å². The van der Waals surface area contributed by atoms with E-state index in [-0.39, 0.29) is 5.39 Å². The van der Waals surface area contributed by atoms with Crippen LogP contribution in [0, 0.1) is 5.82 Å². The number of hydrogen-bond acceptors (Lipinski definition) is 3. The lowest BCUT2D eigenvalue weighted by atomic mass is 10.1. The smallest absolute Gasteiger partial charge is 0.341 e. The fraction of sp³-hybridized carbons (Fsp3) is 0.167. The third-order valence-electron chi connectivity index (χ3n) is 2.72. The Bertz CT molecular complexity index is 705. The molecule has 1 aromatic heterocycles. The molecule has 0 radical (unpaired) electrons. The zero-order valence-electron chi connectivity index (χ0n) is 9.48. The zero-order chi connectivity index (χ0) is 13.4. The van der Waals surface area contributed by atoms with Gasteiger partial charge >= 0.3 is 5.97 Å². The number of hydrogen-bond donors (Lipinski definition) is 2. The van der Waals surface area contributed by atoms with E-state index in [0.717, 1.165) is 12.1 Å². The second kappa shape index (κ2) is 4.14. The molecule has 1 heterocycles. The molecule has 2 rings (SSSR count). The number of aromatic hydroxyl groups is 1. The summed E-state index contributed by atoms with van der Waals surface area (Å²) in [6.07, 6.45) is 1.18. The minimum absolute atomic E-state index is 0.0629. The van der Waals surface area contributed by atoms with Crippen LogP contribution in [0.4, 0.5) is 4.39 Å². The minimum atomic E-state index is -1.36. The van der Waals surface area contributed by atoms with Crippen molar-refractivity contribution in [2.24, 2.45) is 0 Å². The summed E-state index contributed by atoms with van der Waals surface area (Å²) in [6, 6.07) is 1.97. The van der Waals surface area contributed by atoms with Crippen LogP contribution in [0.15, 0.2) is 23.1 Å². The van der Waals surface area contributed by atoms with Crippen molar-refractivity contribution < 1.29 is 19.4 Å². The van der Waals surface area contributed by atoms with Crippen LogP contribution in [0.3, 0.4) is 0 Å². The highest BCUT2D eigenvalue weighted by Crippen LogP contribution is 2.22. The Morgan fingerprint density at radius 2 is 2.11 bits per heavy atom. The van der Waals surface area contributed by atoms with E-state index in [1.54, 1.807) is 6.92 Å². The maximum atomic E-state index is 13.3. The highest BCUT2D eigenvalue weighted by Gasteiger charge is 2.16. The summed E-state index contributed by atoms with van der Waals surface area (Å²) in [5, 5.41) is 18.1.